The molecule has 30 heavy (non-hydrogen) atoms. The molecule has 3 aromatic heterocycles. The number of benzene rings is 1. The number of anilines is 2. The highest BCUT2D eigenvalue weighted by Gasteiger charge is 2.26. The number of hydrogen-bond donors (Lipinski definition) is 2. The number of carbonyl (C=O) groups is 1. The summed E-state index contributed by atoms with van der Waals surface area (Å²) in [6, 6.07) is 9.43. The van der Waals surface area contributed by atoms with Gasteiger partial charge in [-0.3, -0.25) is 4.79 Å². The van der Waals surface area contributed by atoms with Crippen molar-refractivity contribution < 1.29 is 13.6 Å². The molecule has 1 aromatic carbocycles. The van der Waals surface area contributed by atoms with Crippen LogP contribution in [0, 0.1) is 5.82 Å². The lowest BCUT2D eigenvalue weighted by atomic mass is 9.96. The maximum absolute atomic E-state index is 13.2. The molecular formula is C23H20FN3O2S. The molecule has 0 saturated carbocycles. The van der Waals surface area contributed by atoms with Crippen molar-refractivity contribution in [3.63, 3.8) is 0 Å². The van der Waals surface area contributed by atoms with Crippen LogP contribution in [0.2, 0.25) is 0 Å². The first-order valence-electron chi connectivity index (χ1n) is 9.96. The van der Waals surface area contributed by atoms with Crippen molar-refractivity contribution in [1.82, 2.24) is 4.98 Å². The van der Waals surface area contributed by atoms with E-state index in [1.807, 2.05) is 12.1 Å². The Kier molecular flexibility index (Phi) is 4.75. The molecule has 152 valence electrons. The summed E-state index contributed by atoms with van der Waals surface area (Å²) in [4.78, 5) is 19.0. The number of nitrogens with two attached hydrogens (primary N) is 1. The predicted octanol–water partition coefficient (Wildman–Crippen LogP) is 5.80. The summed E-state index contributed by atoms with van der Waals surface area (Å²) >= 11 is 1.28. The maximum Gasteiger partial charge on any atom is 0.267 e. The van der Waals surface area contributed by atoms with Crippen LogP contribution in [-0.4, -0.2) is 10.9 Å². The molecule has 5 rings (SSSR count). The lowest BCUT2D eigenvalue weighted by molar-refractivity contribution is 0.103. The number of pyridine rings is 1. The van der Waals surface area contributed by atoms with E-state index in [-0.39, 0.29) is 11.7 Å². The van der Waals surface area contributed by atoms with E-state index in [1.54, 1.807) is 6.26 Å². The van der Waals surface area contributed by atoms with Crippen molar-refractivity contribution in [2.45, 2.75) is 32.1 Å². The van der Waals surface area contributed by atoms with Crippen LogP contribution in [0.1, 0.15) is 40.2 Å². The van der Waals surface area contributed by atoms with Gasteiger partial charge in [0.2, 0.25) is 0 Å². The third kappa shape index (κ3) is 3.25. The third-order valence-electron chi connectivity index (χ3n) is 5.48. The monoisotopic (exact) mass is 421 g/mol. The Hall–Kier alpha value is -3.19. The van der Waals surface area contributed by atoms with Crippen LogP contribution in [0.3, 0.4) is 0 Å². The molecule has 1 aliphatic carbocycles. The Bertz CT molecular complexity index is 1230. The number of hydrogen-bond acceptors (Lipinski definition) is 5. The maximum atomic E-state index is 13.2. The number of aryl methyl sites for hydroxylation is 1. The minimum Gasteiger partial charge on any atom is -0.464 e. The van der Waals surface area contributed by atoms with Gasteiger partial charge in [-0.05, 0) is 67.6 Å². The Morgan fingerprint density at radius 1 is 1.13 bits per heavy atom. The number of nitrogen functional groups attached to an aromatic ring is 1. The number of amides is 1. The predicted molar refractivity (Wildman–Crippen MR) is 117 cm³/mol. The molecular weight excluding hydrogens is 401 g/mol. The molecule has 4 aromatic rings. The van der Waals surface area contributed by atoms with E-state index in [2.05, 4.69) is 5.32 Å². The Morgan fingerprint density at radius 2 is 1.93 bits per heavy atom. The summed E-state index contributed by atoms with van der Waals surface area (Å²) in [5, 5.41) is 3.57. The largest absolute Gasteiger partial charge is 0.464 e. The van der Waals surface area contributed by atoms with Gasteiger partial charge in [0.1, 0.15) is 21.3 Å². The van der Waals surface area contributed by atoms with Gasteiger partial charge in [0, 0.05) is 22.3 Å². The van der Waals surface area contributed by atoms with Crippen molar-refractivity contribution in [2.75, 3.05) is 11.1 Å². The van der Waals surface area contributed by atoms with E-state index in [4.69, 9.17) is 15.1 Å². The first-order valence-corrected chi connectivity index (χ1v) is 10.8. The zero-order valence-electron chi connectivity index (χ0n) is 16.2. The molecule has 0 radical (unpaired) electrons. The van der Waals surface area contributed by atoms with Gasteiger partial charge >= 0.3 is 0 Å². The average molecular weight is 421 g/mol. The van der Waals surface area contributed by atoms with Gasteiger partial charge in [0.15, 0.2) is 0 Å². The average Bonchev–Trinajstić information content (AvgIpc) is 3.31. The lowest BCUT2D eigenvalue weighted by Crippen LogP contribution is -2.12. The molecule has 3 heterocycles. The summed E-state index contributed by atoms with van der Waals surface area (Å²) < 4.78 is 18.9. The summed E-state index contributed by atoms with van der Waals surface area (Å²) in [7, 11) is 0. The zero-order chi connectivity index (χ0) is 20.7. The topological polar surface area (TPSA) is 81.2 Å². The van der Waals surface area contributed by atoms with E-state index in [0.717, 1.165) is 52.9 Å². The number of thiophene rings is 1. The highest BCUT2D eigenvalue weighted by molar-refractivity contribution is 7.21. The first-order chi connectivity index (χ1) is 14.6. The summed E-state index contributed by atoms with van der Waals surface area (Å²) in [6.45, 7) is 0. The molecule has 3 N–H and O–H groups in total. The van der Waals surface area contributed by atoms with Gasteiger partial charge in [0.05, 0.1) is 12.0 Å². The van der Waals surface area contributed by atoms with Crippen LogP contribution >= 0.6 is 11.3 Å². The van der Waals surface area contributed by atoms with E-state index in [0.29, 0.717) is 16.3 Å². The van der Waals surface area contributed by atoms with E-state index in [9.17, 15) is 9.18 Å². The van der Waals surface area contributed by atoms with Crippen LogP contribution in [0.25, 0.3) is 21.5 Å². The molecule has 1 aliphatic rings. The molecule has 5 nitrogen and oxygen atoms in total. The fourth-order valence-corrected chi connectivity index (χ4v) is 5.09. The number of nitrogens with zero attached hydrogens (tertiary/aromatic N) is 1. The van der Waals surface area contributed by atoms with Crippen molar-refractivity contribution >= 4 is 38.8 Å². The second-order valence-electron chi connectivity index (χ2n) is 7.44. The van der Waals surface area contributed by atoms with Crippen LogP contribution in [0.15, 0.2) is 47.1 Å². The Morgan fingerprint density at radius 3 is 2.70 bits per heavy atom. The number of carbonyl (C=O) groups excluding carboxylic acids is 1. The number of nitrogens with one attached hydrogen (secondary N) is 1. The Labute approximate surface area is 176 Å². The molecule has 1 amide bonds. The number of rotatable bonds is 3. The van der Waals surface area contributed by atoms with Crippen LogP contribution in [0.4, 0.5) is 15.8 Å². The van der Waals surface area contributed by atoms with Gasteiger partial charge in [0.25, 0.3) is 5.91 Å². The highest BCUT2D eigenvalue weighted by Crippen LogP contribution is 2.43. The number of fused-ring (bicyclic) bond motifs is 2. The molecule has 0 spiro atoms. The molecule has 0 aliphatic heterocycles. The van der Waals surface area contributed by atoms with Gasteiger partial charge in [-0.25, -0.2) is 9.37 Å². The van der Waals surface area contributed by atoms with E-state index < -0.39 is 0 Å². The number of furan rings is 1. The summed E-state index contributed by atoms with van der Waals surface area (Å²) in [5.74, 6) is 0.0569. The van der Waals surface area contributed by atoms with Gasteiger partial charge in [-0.2, -0.15) is 0 Å². The summed E-state index contributed by atoms with van der Waals surface area (Å²) in [6.07, 6.45) is 6.84. The molecule has 0 saturated heterocycles. The minimum absolute atomic E-state index is 0.331. The minimum atomic E-state index is -0.358. The van der Waals surface area contributed by atoms with Crippen LogP contribution in [0.5, 0.6) is 0 Å². The molecule has 0 bridgehead atoms. The third-order valence-corrected chi connectivity index (χ3v) is 6.58. The summed E-state index contributed by atoms with van der Waals surface area (Å²) in [5.41, 5.74) is 10.6. The highest BCUT2D eigenvalue weighted by atomic mass is 32.1. The molecule has 0 atom stereocenters. The van der Waals surface area contributed by atoms with Crippen molar-refractivity contribution in [3.05, 3.63) is 64.6 Å². The second-order valence-corrected chi connectivity index (χ2v) is 8.44. The SMILES string of the molecule is Nc1c(C(=O)Nc2ccc(F)cc2)sc2nc3c(c(-c4ccco4)c12)CCCCC3. The van der Waals surface area contributed by atoms with Crippen molar-refractivity contribution in [2.24, 2.45) is 0 Å². The standard InChI is InChI=1S/C23H20FN3O2S/c24-13-8-10-14(11-9-13)26-22(28)21-20(25)19-18(17-7-4-12-29-17)15-5-2-1-3-6-16(15)27-23(19)30-21/h4,7-12H,1-3,5-6,25H2,(H,26,28). The van der Waals surface area contributed by atoms with Crippen molar-refractivity contribution in [3.8, 4) is 11.3 Å². The number of aromatic nitrogens is 1. The van der Waals surface area contributed by atoms with Gasteiger partial charge < -0.3 is 15.5 Å². The fraction of sp³-hybridized carbons (Fsp3) is 0.217. The molecule has 0 unspecified atom stereocenters. The Balaban J connectivity index is 1.65. The van der Waals surface area contributed by atoms with E-state index >= 15 is 0 Å². The molecule has 7 heteroatoms. The van der Waals surface area contributed by atoms with Crippen LogP contribution < -0.4 is 11.1 Å². The quantitative estimate of drug-likeness (QED) is 0.410. The van der Waals surface area contributed by atoms with Crippen molar-refractivity contribution in [1.29, 1.82) is 0 Å². The smallest absolute Gasteiger partial charge is 0.267 e. The van der Waals surface area contributed by atoms with Crippen LogP contribution in [-0.2, 0) is 12.8 Å². The normalized spacial score (nSPS) is 13.8. The second kappa shape index (κ2) is 7.57. The van der Waals surface area contributed by atoms with E-state index in [1.165, 1.54) is 47.6 Å². The number of halogens is 1. The van der Waals surface area contributed by atoms with Gasteiger partial charge in [-0.1, -0.05) is 6.42 Å². The first kappa shape index (κ1) is 18.8. The lowest BCUT2D eigenvalue weighted by Gasteiger charge is -2.12. The zero-order valence-corrected chi connectivity index (χ0v) is 17.0. The molecule has 0 fully saturated rings. The fourth-order valence-electron chi connectivity index (χ4n) is 4.07. The van der Waals surface area contributed by atoms with Gasteiger partial charge in [-0.15, -0.1) is 11.3 Å².